The lowest BCUT2D eigenvalue weighted by Crippen LogP contribution is -1.92. The van der Waals surface area contributed by atoms with E-state index in [1.807, 2.05) is 6.07 Å². The molecule has 0 spiro atoms. The number of fused-ring (bicyclic) bond motifs is 1. The first-order valence-corrected chi connectivity index (χ1v) is 5.69. The van der Waals surface area contributed by atoms with Crippen molar-refractivity contribution in [2.75, 3.05) is 5.73 Å². The molecule has 0 atom stereocenters. The monoisotopic (exact) mass is 218 g/mol. The van der Waals surface area contributed by atoms with E-state index in [0.29, 0.717) is 17.2 Å². The third-order valence-corrected chi connectivity index (χ3v) is 2.72. The quantitative estimate of drug-likeness (QED) is 0.783. The zero-order valence-electron chi connectivity index (χ0n) is 10.2. The molecular weight excluding hydrogens is 200 g/mol. The topological polar surface area (TPSA) is 52.0 Å². The number of oxazole rings is 1. The summed E-state index contributed by atoms with van der Waals surface area (Å²) in [6, 6.07) is 4.04. The highest BCUT2D eigenvalue weighted by Crippen LogP contribution is 2.29. The van der Waals surface area contributed by atoms with E-state index < -0.39 is 0 Å². The Labute approximate surface area is 95.7 Å². The van der Waals surface area contributed by atoms with Crippen molar-refractivity contribution in [1.29, 1.82) is 0 Å². The molecule has 0 aliphatic heterocycles. The average molecular weight is 218 g/mol. The Hall–Kier alpha value is -1.51. The maximum Gasteiger partial charge on any atom is 0.198 e. The first kappa shape index (κ1) is 11.0. The van der Waals surface area contributed by atoms with Crippen LogP contribution in [0.1, 0.15) is 51.0 Å². The highest BCUT2D eigenvalue weighted by Gasteiger charge is 2.13. The Balaban J connectivity index is 2.63. The van der Waals surface area contributed by atoms with Gasteiger partial charge in [0.15, 0.2) is 11.5 Å². The molecule has 1 aromatic heterocycles. The molecular formula is C13H18N2O. The normalized spacial score (nSPS) is 11.9. The van der Waals surface area contributed by atoms with Gasteiger partial charge < -0.3 is 10.2 Å². The SMILES string of the molecule is CC(C)c1cc(N)c2oc(C(C)C)nc2c1. The highest BCUT2D eigenvalue weighted by atomic mass is 16.3. The largest absolute Gasteiger partial charge is 0.438 e. The summed E-state index contributed by atoms with van der Waals surface area (Å²) in [4.78, 5) is 4.47. The Bertz CT molecular complexity index is 512. The van der Waals surface area contributed by atoms with Crippen molar-refractivity contribution < 1.29 is 4.42 Å². The lowest BCUT2D eigenvalue weighted by Gasteiger charge is -2.05. The summed E-state index contributed by atoms with van der Waals surface area (Å²) >= 11 is 0. The van der Waals surface area contributed by atoms with E-state index in [1.165, 1.54) is 5.56 Å². The van der Waals surface area contributed by atoms with Crippen molar-refractivity contribution in [2.45, 2.75) is 39.5 Å². The first-order valence-electron chi connectivity index (χ1n) is 5.69. The lowest BCUT2D eigenvalue weighted by atomic mass is 10.0. The molecule has 2 rings (SSSR count). The summed E-state index contributed by atoms with van der Waals surface area (Å²) in [5.41, 5.74) is 9.44. The molecule has 0 bridgehead atoms. The van der Waals surface area contributed by atoms with Crippen LogP contribution in [0.5, 0.6) is 0 Å². The van der Waals surface area contributed by atoms with Gasteiger partial charge in [-0.15, -0.1) is 0 Å². The minimum Gasteiger partial charge on any atom is -0.438 e. The molecule has 0 unspecified atom stereocenters. The van der Waals surface area contributed by atoms with Gasteiger partial charge in [-0.1, -0.05) is 27.7 Å². The lowest BCUT2D eigenvalue weighted by molar-refractivity contribution is 0.502. The molecule has 2 N–H and O–H groups in total. The predicted molar refractivity (Wildman–Crippen MR) is 66.6 cm³/mol. The van der Waals surface area contributed by atoms with Crippen molar-refractivity contribution in [2.24, 2.45) is 0 Å². The number of aromatic nitrogens is 1. The second-order valence-electron chi connectivity index (χ2n) is 4.82. The predicted octanol–water partition coefficient (Wildman–Crippen LogP) is 3.66. The van der Waals surface area contributed by atoms with Crippen molar-refractivity contribution in [3.8, 4) is 0 Å². The van der Waals surface area contributed by atoms with Gasteiger partial charge in [-0.05, 0) is 23.6 Å². The Morgan fingerprint density at radius 2 is 1.81 bits per heavy atom. The number of nitrogens with two attached hydrogens (primary N) is 1. The van der Waals surface area contributed by atoms with Gasteiger partial charge >= 0.3 is 0 Å². The maximum atomic E-state index is 5.97. The molecule has 0 radical (unpaired) electrons. The van der Waals surface area contributed by atoms with Gasteiger partial charge in [0.05, 0.1) is 5.69 Å². The molecule has 1 heterocycles. The van der Waals surface area contributed by atoms with E-state index >= 15 is 0 Å². The van der Waals surface area contributed by atoms with E-state index in [-0.39, 0.29) is 5.92 Å². The number of rotatable bonds is 2. The molecule has 0 aliphatic carbocycles. The number of hydrogen-bond acceptors (Lipinski definition) is 3. The van der Waals surface area contributed by atoms with E-state index in [0.717, 1.165) is 11.4 Å². The second-order valence-corrected chi connectivity index (χ2v) is 4.82. The molecule has 0 fully saturated rings. The third-order valence-electron chi connectivity index (χ3n) is 2.72. The average Bonchev–Trinajstić information content (AvgIpc) is 2.61. The van der Waals surface area contributed by atoms with E-state index in [2.05, 4.69) is 38.7 Å². The van der Waals surface area contributed by atoms with Crippen LogP contribution in [0.3, 0.4) is 0 Å². The fourth-order valence-electron chi connectivity index (χ4n) is 1.68. The standard InChI is InChI=1S/C13H18N2O/c1-7(2)9-5-10(14)12-11(6-9)15-13(16-12)8(3)4/h5-8H,14H2,1-4H3. The van der Waals surface area contributed by atoms with Crippen LogP contribution in [-0.4, -0.2) is 4.98 Å². The summed E-state index contributed by atoms with van der Waals surface area (Å²) in [5, 5.41) is 0. The van der Waals surface area contributed by atoms with E-state index in [1.54, 1.807) is 0 Å². The molecule has 0 saturated carbocycles. The van der Waals surface area contributed by atoms with Crippen molar-refractivity contribution >= 4 is 16.8 Å². The van der Waals surface area contributed by atoms with Crippen LogP contribution < -0.4 is 5.73 Å². The zero-order valence-corrected chi connectivity index (χ0v) is 10.2. The zero-order chi connectivity index (χ0) is 11.9. The van der Waals surface area contributed by atoms with Gasteiger partial charge in [0, 0.05) is 5.92 Å². The molecule has 1 aromatic carbocycles. The van der Waals surface area contributed by atoms with Crippen LogP contribution in [0.4, 0.5) is 5.69 Å². The summed E-state index contributed by atoms with van der Waals surface area (Å²) in [6.07, 6.45) is 0. The van der Waals surface area contributed by atoms with Crippen molar-refractivity contribution in [1.82, 2.24) is 4.98 Å². The van der Waals surface area contributed by atoms with Gasteiger partial charge in [-0.3, -0.25) is 0 Å². The van der Waals surface area contributed by atoms with Gasteiger partial charge in [-0.25, -0.2) is 4.98 Å². The molecule has 16 heavy (non-hydrogen) atoms. The van der Waals surface area contributed by atoms with E-state index in [4.69, 9.17) is 10.2 Å². The molecule has 0 aliphatic rings. The third kappa shape index (κ3) is 1.77. The van der Waals surface area contributed by atoms with Gasteiger partial charge in [0.2, 0.25) is 0 Å². The van der Waals surface area contributed by atoms with Crippen LogP contribution in [-0.2, 0) is 0 Å². The molecule has 3 nitrogen and oxygen atoms in total. The second kappa shape index (κ2) is 3.81. The maximum absolute atomic E-state index is 5.97. The fourth-order valence-corrected chi connectivity index (χ4v) is 1.68. The van der Waals surface area contributed by atoms with Gasteiger partial charge in [0.1, 0.15) is 5.52 Å². The number of hydrogen-bond donors (Lipinski definition) is 1. The molecule has 0 saturated heterocycles. The fraction of sp³-hybridized carbons (Fsp3) is 0.462. The highest BCUT2D eigenvalue weighted by molar-refractivity contribution is 5.86. The number of anilines is 1. The van der Waals surface area contributed by atoms with Crippen LogP contribution in [0.25, 0.3) is 11.1 Å². The molecule has 2 aromatic rings. The summed E-state index contributed by atoms with van der Waals surface area (Å²) in [6.45, 7) is 8.41. The number of nitrogen functional groups attached to an aromatic ring is 1. The Kier molecular flexibility index (Phi) is 2.62. The van der Waals surface area contributed by atoms with Gasteiger partial charge in [-0.2, -0.15) is 0 Å². The number of nitrogens with zero attached hydrogens (tertiary/aromatic N) is 1. The molecule has 3 heteroatoms. The van der Waals surface area contributed by atoms with Crippen LogP contribution in [0, 0.1) is 0 Å². The molecule has 0 amide bonds. The Morgan fingerprint density at radius 1 is 1.12 bits per heavy atom. The summed E-state index contributed by atoms with van der Waals surface area (Å²) < 4.78 is 5.66. The van der Waals surface area contributed by atoms with Gasteiger partial charge in [0.25, 0.3) is 0 Å². The summed E-state index contributed by atoms with van der Waals surface area (Å²) in [5.74, 6) is 1.49. The van der Waals surface area contributed by atoms with Crippen molar-refractivity contribution in [3.63, 3.8) is 0 Å². The molecule has 86 valence electrons. The first-order chi connectivity index (χ1) is 7.49. The van der Waals surface area contributed by atoms with Crippen LogP contribution >= 0.6 is 0 Å². The smallest absolute Gasteiger partial charge is 0.198 e. The minimum atomic E-state index is 0.286. The minimum absolute atomic E-state index is 0.286. The Morgan fingerprint density at radius 3 is 2.38 bits per heavy atom. The van der Waals surface area contributed by atoms with E-state index in [9.17, 15) is 0 Å². The summed E-state index contributed by atoms with van der Waals surface area (Å²) in [7, 11) is 0. The van der Waals surface area contributed by atoms with Crippen LogP contribution in [0.2, 0.25) is 0 Å². The van der Waals surface area contributed by atoms with Crippen molar-refractivity contribution in [3.05, 3.63) is 23.6 Å². The number of benzene rings is 1. The van der Waals surface area contributed by atoms with Crippen LogP contribution in [0.15, 0.2) is 16.5 Å².